The third-order valence-electron chi connectivity index (χ3n) is 1.77. The zero-order valence-electron chi connectivity index (χ0n) is 6.23. The maximum absolute atomic E-state index is 10.5. The van der Waals surface area contributed by atoms with E-state index < -0.39 is 15.4 Å². The van der Waals surface area contributed by atoms with Crippen LogP contribution in [-0.2, 0) is 10.1 Å². The fourth-order valence-corrected chi connectivity index (χ4v) is 1.98. The Hall–Kier alpha value is 0.160. The SMILES string of the molecule is CN1CCC(S(=O)(=O)O)C1.Cl. The number of nitrogens with zero attached hydrogens (tertiary/aromatic N) is 1. The molecule has 1 unspecified atom stereocenters. The van der Waals surface area contributed by atoms with Gasteiger partial charge in [0.2, 0.25) is 0 Å². The average Bonchev–Trinajstić information content (AvgIpc) is 2.11. The van der Waals surface area contributed by atoms with Crippen LogP contribution in [0.2, 0.25) is 0 Å². The molecule has 0 amide bonds. The van der Waals surface area contributed by atoms with Crippen molar-refractivity contribution in [2.75, 3.05) is 20.1 Å². The summed E-state index contributed by atoms with van der Waals surface area (Å²) in [6.45, 7) is 1.21. The quantitative estimate of drug-likeness (QED) is 0.607. The van der Waals surface area contributed by atoms with Crippen LogP contribution in [0.1, 0.15) is 6.42 Å². The van der Waals surface area contributed by atoms with Crippen LogP contribution in [0.5, 0.6) is 0 Å². The molecule has 0 bridgehead atoms. The van der Waals surface area contributed by atoms with Gasteiger partial charge in [-0.05, 0) is 20.0 Å². The first-order valence-corrected chi connectivity index (χ1v) is 4.65. The molecule has 0 aromatic heterocycles. The van der Waals surface area contributed by atoms with Gasteiger partial charge < -0.3 is 4.90 Å². The van der Waals surface area contributed by atoms with Crippen LogP contribution in [0, 0.1) is 0 Å². The highest BCUT2D eigenvalue weighted by atomic mass is 35.5. The van der Waals surface area contributed by atoms with E-state index in [4.69, 9.17) is 4.55 Å². The molecule has 11 heavy (non-hydrogen) atoms. The van der Waals surface area contributed by atoms with Crippen LogP contribution < -0.4 is 0 Å². The van der Waals surface area contributed by atoms with Crippen LogP contribution in [0.25, 0.3) is 0 Å². The molecule has 68 valence electrons. The van der Waals surface area contributed by atoms with Gasteiger partial charge >= 0.3 is 0 Å². The largest absolute Gasteiger partial charge is 0.305 e. The molecule has 4 nitrogen and oxygen atoms in total. The molecule has 1 saturated heterocycles. The second kappa shape index (κ2) is 3.71. The molecule has 1 N–H and O–H groups in total. The highest BCUT2D eigenvalue weighted by molar-refractivity contribution is 7.86. The Labute approximate surface area is 72.7 Å². The molecular weight excluding hydrogens is 190 g/mol. The van der Waals surface area contributed by atoms with E-state index in [9.17, 15) is 8.42 Å². The Morgan fingerprint density at radius 1 is 1.55 bits per heavy atom. The zero-order valence-corrected chi connectivity index (χ0v) is 7.86. The molecule has 1 aliphatic heterocycles. The van der Waals surface area contributed by atoms with Crippen LogP contribution in [0.4, 0.5) is 0 Å². The third kappa shape index (κ3) is 2.94. The van der Waals surface area contributed by atoms with Crippen LogP contribution in [0.3, 0.4) is 0 Å². The van der Waals surface area contributed by atoms with E-state index in [0.29, 0.717) is 13.0 Å². The van der Waals surface area contributed by atoms with Gasteiger partial charge in [0.15, 0.2) is 0 Å². The highest BCUT2D eigenvalue weighted by Gasteiger charge is 2.29. The molecule has 1 rings (SSSR count). The number of rotatable bonds is 1. The lowest BCUT2D eigenvalue weighted by molar-refractivity contribution is 0.411. The van der Waals surface area contributed by atoms with E-state index >= 15 is 0 Å². The van der Waals surface area contributed by atoms with Gasteiger partial charge in [-0.15, -0.1) is 12.4 Å². The standard InChI is InChI=1S/C5H11NO3S.ClH/c1-6-3-2-5(4-6)10(7,8)9;/h5H,2-4H2,1H3,(H,7,8,9);1H. The number of hydrogen-bond donors (Lipinski definition) is 1. The molecule has 0 aromatic rings. The minimum Gasteiger partial charge on any atom is -0.305 e. The first kappa shape index (κ1) is 11.2. The predicted octanol–water partition coefficient (Wildman–Crippen LogP) is 0.000100. The first-order chi connectivity index (χ1) is 4.50. The molecule has 1 heterocycles. The van der Waals surface area contributed by atoms with E-state index in [-0.39, 0.29) is 12.4 Å². The van der Waals surface area contributed by atoms with Gasteiger partial charge in [0.1, 0.15) is 5.25 Å². The minimum atomic E-state index is -3.78. The maximum atomic E-state index is 10.5. The second-order valence-corrected chi connectivity index (χ2v) is 4.38. The summed E-state index contributed by atoms with van der Waals surface area (Å²) >= 11 is 0. The Morgan fingerprint density at radius 2 is 2.09 bits per heavy atom. The lowest BCUT2D eigenvalue weighted by Gasteiger charge is -2.05. The number of likely N-dealkylation sites (tertiary alicyclic amines) is 1. The molecule has 0 aliphatic carbocycles. The lowest BCUT2D eigenvalue weighted by atomic mass is 10.4. The summed E-state index contributed by atoms with van der Waals surface area (Å²) in [5.74, 6) is 0. The first-order valence-electron chi connectivity index (χ1n) is 3.15. The Morgan fingerprint density at radius 3 is 2.27 bits per heavy atom. The van der Waals surface area contributed by atoms with E-state index in [1.807, 2.05) is 11.9 Å². The predicted molar refractivity (Wildman–Crippen MR) is 44.7 cm³/mol. The smallest absolute Gasteiger partial charge is 0.269 e. The molecule has 0 radical (unpaired) electrons. The summed E-state index contributed by atoms with van der Waals surface area (Å²) in [4.78, 5) is 1.89. The van der Waals surface area contributed by atoms with Crippen molar-refractivity contribution in [3.8, 4) is 0 Å². The molecule has 1 aliphatic rings. The van der Waals surface area contributed by atoms with E-state index in [1.165, 1.54) is 0 Å². The average molecular weight is 202 g/mol. The van der Waals surface area contributed by atoms with Crippen molar-refractivity contribution in [1.82, 2.24) is 4.90 Å². The Balaban J connectivity index is 0.000001000. The van der Waals surface area contributed by atoms with E-state index in [0.717, 1.165) is 6.54 Å². The van der Waals surface area contributed by atoms with Gasteiger partial charge in [-0.2, -0.15) is 8.42 Å². The van der Waals surface area contributed by atoms with Crippen LogP contribution >= 0.6 is 12.4 Å². The van der Waals surface area contributed by atoms with Crippen molar-refractivity contribution in [2.24, 2.45) is 0 Å². The van der Waals surface area contributed by atoms with E-state index in [2.05, 4.69) is 0 Å². The second-order valence-electron chi connectivity index (χ2n) is 2.69. The van der Waals surface area contributed by atoms with Gasteiger partial charge in [0.05, 0.1) is 0 Å². The van der Waals surface area contributed by atoms with Gasteiger partial charge in [0.25, 0.3) is 10.1 Å². The number of halogens is 1. The van der Waals surface area contributed by atoms with Crippen molar-refractivity contribution in [3.05, 3.63) is 0 Å². The summed E-state index contributed by atoms with van der Waals surface area (Å²) in [5.41, 5.74) is 0. The van der Waals surface area contributed by atoms with Crippen molar-refractivity contribution in [1.29, 1.82) is 0 Å². The molecule has 0 aromatic carbocycles. The van der Waals surface area contributed by atoms with Crippen molar-refractivity contribution in [3.63, 3.8) is 0 Å². The topological polar surface area (TPSA) is 57.6 Å². The fraction of sp³-hybridized carbons (Fsp3) is 1.00. The zero-order chi connectivity index (χ0) is 7.78. The summed E-state index contributed by atoms with van der Waals surface area (Å²) in [7, 11) is -1.94. The normalized spacial score (nSPS) is 26.5. The summed E-state index contributed by atoms with van der Waals surface area (Å²) < 4.78 is 29.6. The lowest BCUT2D eigenvalue weighted by Crippen LogP contribution is -2.23. The van der Waals surface area contributed by atoms with Crippen LogP contribution in [0.15, 0.2) is 0 Å². The Bertz CT molecular complexity index is 216. The van der Waals surface area contributed by atoms with Crippen molar-refractivity contribution in [2.45, 2.75) is 11.7 Å². The summed E-state index contributed by atoms with van der Waals surface area (Å²) in [6, 6.07) is 0. The summed E-state index contributed by atoms with van der Waals surface area (Å²) in [6.07, 6.45) is 0.551. The summed E-state index contributed by atoms with van der Waals surface area (Å²) in [5, 5.41) is -0.558. The minimum absolute atomic E-state index is 0. The van der Waals surface area contributed by atoms with Gasteiger partial charge in [-0.1, -0.05) is 0 Å². The van der Waals surface area contributed by atoms with Gasteiger partial charge in [0, 0.05) is 6.54 Å². The van der Waals surface area contributed by atoms with Gasteiger partial charge in [-0.3, -0.25) is 4.55 Å². The van der Waals surface area contributed by atoms with Crippen molar-refractivity contribution < 1.29 is 13.0 Å². The molecule has 0 saturated carbocycles. The highest BCUT2D eigenvalue weighted by Crippen LogP contribution is 2.13. The van der Waals surface area contributed by atoms with Crippen LogP contribution in [-0.4, -0.2) is 43.3 Å². The maximum Gasteiger partial charge on any atom is 0.269 e. The monoisotopic (exact) mass is 201 g/mol. The van der Waals surface area contributed by atoms with Gasteiger partial charge in [-0.25, -0.2) is 0 Å². The Kier molecular flexibility index (Phi) is 3.76. The molecule has 6 heteroatoms. The third-order valence-corrected chi connectivity index (χ3v) is 3.00. The fourth-order valence-electron chi connectivity index (χ4n) is 1.14. The number of hydrogen-bond acceptors (Lipinski definition) is 3. The van der Waals surface area contributed by atoms with E-state index in [1.54, 1.807) is 0 Å². The molecular formula is C5H12ClNO3S. The molecule has 0 spiro atoms. The molecule has 1 atom stereocenters. The van der Waals surface area contributed by atoms with Crippen molar-refractivity contribution >= 4 is 22.5 Å². The molecule has 1 fully saturated rings.